The topological polar surface area (TPSA) is 58.0 Å². The third kappa shape index (κ3) is 0.757. The van der Waals surface area contributed by atoms with Crippen molar-refractivity contribution in [2.24, 2.45) is 0 Å². The van der Waals surface area contributed by atoms with Crippen molar-refractivity contribution in [1.82, 2.24) is 9.47 Å². The number of hydrogen-bond donors (Lipinski definition) is 0. The van der Waals surface area contributed by atoms with Gasteiger partial charge in [0.2, 0.25) is 0 Å². The summed E-state index contributed by atoms with van der Waals surface area (Å²) in [5.41, 5.74) is 0.658. The molecule has 2 aliphatic heterocycles. The molecule has 5 nitrogen and oxygen atoms in total. The second kappa shape index (κ2) is 2.40. The molecule has 3 aliphatic rings. The molecule has 3 heterocycles. The highest BCUT2D eigenvalue weighted by Crippen LogP contribution is 2.54. The molecule has 16 heavy (non-hydrogen) atoms. The fraction of sp³-hybridized carbons (Fsp3) is 0.455. The van der Waals surface area contributed by atoms with Gasteiger partial charge in [0.15, 0.2) is 0 Å². The van der Waals surface area contributed by atoms with Crippen molar-refractivity contribution in [2.75, 3.05) is 0 Å². The summed E-state index contributed by atoms with van der Waals surface area (Å²) in [7, 11) is 0. The Labute approximate surface area is 91.8 Å². The number of carbonyl (C=O) groups excluding carboxylic acids is 1. The van der Waals surface area contributed by atoms with Crippen LogP contribution in [-0.4, -0.2) is 33.7 Å². The van der Waals surface area contributed by atoms with E-state index in [0.29, 0.717) is 5.69 Å². The van der Waals surface area contributed by atoms with Crippen LogP contribution in [0.2, 0.25) is 0 Å². The zero-order chi connectivity index (χ0) is 10.9. The Bertz CT molecular complexity index is 530. The van der Waals surface area contributed by atoms with E-state index in [1.54, 1.807) is 11.0 Å². The molecule has 1 saturated carbocycles. The second-order valence-corrected chi connectivity index (χ2v) is 4.53. The molecular weight excluding hydrogens is 206 g/mol. The number of amides is 1. The maximum absolute atomic E-state index is 11.4. The van der Waals surface area contributed by atoms with Crippen molar-refractivity contribution in [1.29, 1.82) is 5.26 Å². The molecule has 5 heteroatoms. The summed E-state index contributed by atoms with van der Waals surface area (Å²) in [6.07, 6.45) is 2.60. The molecule has 0 unspecified atom stereocenters. The number of ether oxygens (including phenoxy) is 1. The van der Waals surface area contributed by atoms with Crippen LogP contribution in [0, 0.1) is 11.3 Å². The molecule has 0 bridgehead atoms. The van der Waals surface area contributed by atoms with Gasteiger partial charge in [-0.25, -0.2) is 4.79 Å². The van der Waals surface area contributed by atoms with Gasteiger partial charge < -0.3 is 9.30 Å². The number of rotatable bonds is 1. The normalized spacial score (nSPS) is 38.2. The molecule has 1 aromatic heterocycles. The Morgan fingerprint density at radius 3 is 3.06 bits per heavy atom. The number of fused-ring (bicyclic) bond motifs is 1. The monoisotopic (exact) mass is 215 g/mol. The molecule has 0 spiro atoms. The lowest BCUT2D eigenvalue weighted by Crippen LogP contribution is -2.18. The molecule has 80 valence electrons. The summed E-state index contributed by atoms with van der Waals surface area (Å²) < 4.78 is 7.18. The van der Waals surface area contributed by atoms with Gasteiger partial charge in [0, 0.05) is 12.6 Å². The number of piperidine rings is 1. The summed E-state index contributed by atoms with van der Waals surface area (Å²) in [6, 6.07) is 6.58. The summed E-state index contributed by atoms with van der Waals surface area (Å²) in [5.74, 6) is 0. The minimum atomic E-state index is -0.187. The van der Waals surface area contributed by atoms with E-state index in [1.807, 2.05) is 16.8 Å². The van der Waals surface area contributed by atoms with E-state index in [9.17, 15) is 4.79 Å². The lowest BCUT2D eigenvalue weighted by Gasteiger charge is -2.15. The second-order valence-electron chi connectivity index (χ2n) is 4.53. The third-order valence-corrected chi connectivity index (χ3v) is 3.87. The maximum atomic E-state index is 11.4. The number of nitrogens with zero attached hydrogens (tertiary/aromatic N) is 3. The Morgan fingerprint density at radius 2 is 2.38 bits per heavy atom. The van der Waals surface area contributed by atoms with Crippen molar-refractivity contribution < 1.29 is 9.53 Å². The van der Waals surface area contributed by atoms with Gasteiger partial charge in [-0.05, 0) is 12.1 Å². The van der Waals surface area contributed by atoms with Crippen LogP contribution in [0.5, 0.6) is 0 Å². The van der Waals surface area contributed by atoms with Crippen LogP contribution in [0.3, 0.4) is 0 Å². The van der Waals surface area contributed by atoms with Crippen molar-refractivity contribution in [3.63, 3.8) is 0 Å². The largest absolute Gasteiger partial charge is 0.444 e. The van der Waals surface area contributed by atoms with E-state index in [4.69, 9.17) is 10.00 Å². The molecule has 1 amide bonds. The lowest BCUT2D eigenvalue weighted by atomic mass is 10.2. The summed E-state index contributed by atoms with van der Waals surface area (Å²) >= 11 is 0. The average Bonchev–Trinajstić information content (AvgIpc) is 2.56. The Hall–Kier alpha value is -1.96. The Balaban J connectivity index is 1.73. The van der Waals surface area contributed by atoms with E-state index >= 15 is 0 Å². The summed E-state index contributed by atoms with van der Waals surface area (Å²) in [5, 5.41) is 8.98. The SMILES string of the molecule is N#Cc1cccn1[C@@H]1C[C@H]2OC(=O)N3[C@H]1[C@@H]23. The predicted octanol–water partition coefficient (Wildman–Crippen LogP) is 0.876. The Morgan fingerprint density at radius 1 is 1.50 bits per heavy atom. The first-order valence-corrected chi connectivity index (χ1v) is 5.37. The maximum Gasteiger partial charge on any atom is 0.410 e. The zero-order valence-corrected chi connectivity index (χ0v) is 8.41. The van der Waals surface area contributed by atoms with Crippen molar-refractivity contribution in [3.8, 4) is 6.07 Å². The minimum absolute atomic E-state index is 0.0384. The van der Waals surface area contributed by atoms with Gasteiger partial charge in [-0.1, -0.05) is 0 Å². The molecule has 0 radical (unpaired) electrons. The standard InChI is InChI=1S/C11H9N3O2/c12-5-6-2-1-3-13(6)7-4-8-10-9(7)14(10)11(15)16-8/h1-3,7-10H,4H2/t7-,8-,9-,10-,14?/m1/s1. The van der Waals surface area contributed by atoms with Crippen LogP contribution >= 0.6 is 0 Å². The number of hydrogen-bond acceptors (Lipinski definition) is 3. The molecule has 0 aromatic carbocycles. The first kappa shape index (κ1) is 8.22. The van der Waals surface area contributed by atoms with Gasteiger partial charge in [0.05, 0.1) is 18.1 Å². The van der Waals surface area contributed by atoms with Crippen molar-refractivity contribution in [3.05, 3.63) is 24.0 Å². The summed E-state index contributed by atoms with van der Waals surface area (Å²) in [4.78, 5) is 13.2. The van der Waals surface area contributed by atoms with E-state index in [1.165, 1.54) is 0 Å². The van der Waals surface area contributed by atoms with E-state index < -0.39 is 0 Å². The van der Waals surface area contributed by atoms with Crippen LogP contribution in [0.1, 0.15) is 18.2 Å². The molecule has 0 N–H and O–H groups in total. The highest BCUT2D eigenvalue weighted by Gasteiger charge is 2.71. The molecule has 2 saturated heterocycles. The van der Waals surface area contributed by atoms with Gasteiger partial charge in [0.1, 0.15) is 17.9 Å². The molecular formula is C11H9N3O2. The summed E-state index contributed by atoms with van der Waals surface area (Å²) in [6.45, 7) is 0. The average molecular weight is 215 g/mol. The van der Waals surface area contributed by atoms with E-state index in [2.05, 4.69) is 6.07 Å². The molecule has 1 aromatic rings. The van der Waals surface area contributed by atoms with Crippen molar-refractivity contribution in [2.45, 2.75) is 30.7 Å². The smallest absolute Gasteiger partial charge is 0.410 e. The van der Waals surface area contributed by atoms with Gasteiger partial charge in [-0.3, -0.25) is 4.90 Å². The first-order valence-electron chi connectivity index (χ1n) is 5.37. The first-order chi connectivity index (χ1) is 7.81. The highest BCUT2D eigenvalue weighted by atomic mass is 16.6. The molecule has 3 fully saturated rings. The predicted molar refractivity (Wildman–Crippen MR) is 52.5 cm³/mol. The van der Waals surface area contributed by atoms with Crippen LogP contribution in [0.25, 0.3) is 0 Å². The number of carbonyl (C=O) groups is 1. The van der Waals surface area contributed by atoms with Crippen LogP contribution in [0.4, 0.5) is 4.79 Å². The van der Waals surface area contributed by atoms with E-state index in [0.717, 1.165) is 6.42 Å². The molecule has 1 aliphatic carbocycles. The number of aromatic nitrogens is 1. The van der Waals surface area contributed by atoms with Gasteiger partial charge in [-0.15, -0.1) is 0 Å². The fourth-order valence-electron chi connectivity index (χ4n) is 3.20. The minimum Gasteiger partial charge on any atom is -0.444 e. The van der Waals surface area contributed by atoms with Gasteiger partial charge >= 0.3 is 6.09 Å². The van der Waals surface area contributed by atoms with Crippen LogP contribution in [0.15, 0.2) is 18.3 Å². The van der Waals surface area contributed by atoms with Crippen molar-refractivity contribution >= 4 is 6.09 Å². The Kier molecular flexibility index (Phi) is 1.24. The third-order valence-electron chi connectivity index (χ3n) is 3.87. The number of nitriles is 1. The quantitative estimate of drug-likeness (QED) is 0.653. The van der Waals surface area contributed by atoms with Crippen LogP contribution < -0.4 is 0 Å². The highest BCUT2D eigenvalue weighted by molar-refractivity contribution is 5.76. The lowest BCUT2D eigenvalue weighted by molar-refractivity contribution is 0.127. The zero-order valence-electron chi connectivity index (χ0n) is 8.41. The van der Waals surface area contributed by atoms with Gasteiger partial charge in [0.25, 0.3) is 0 Å². The molecule has 4 atom stereocenters. The molecule has 4 rings (SSSR count). The van der Waals surface area contributed by atoms with E-state index in [-0.39, 0.29) is 30.3 Å². The fourth-order valence-corrected chi connectivity index (χ4v) is 3.20. The van der Waals surface area contributed by atoms with Gasteiger partial charge in [-0.2, -0.15) is 5.26 Å². The van der Waals surface area contributed by atoms with Crippen LogP contribution in [-0.2, 0) is 4.74 Å².